The lowest BCUT2D eigenvalue weighted by Gasteiger charge is -2.11. The van der Waals surface area contributed by atoms with Gasteiger partial charge < -0.3 is 0 Å². The highest BCUT2D eigenvalue weighted by Gasteiger charge is 2.07. The van der Waals surface area contributed by atoms with Gasteiger partial charge in [0.05, 0.1) is 11.2 Å². The SMILES string of the molecule is C=C(C)c1cc(CC(C)C)c2ccccc2n1. The zero-order valence-electron chi connectivity index (χ0n) is 10.8. The van der Waals surface area contributed by atoms with Crippen LogP contribution < -0.4 is 0 Å². The number of aromatic nitrogens is 1. The maximum Gasteiger partial charge on any atom is 0.0712 e. The van der Waals surface area contributed by atoms with Crippen molar-refractivity contribution in [1.29, 1.82) is 0 Å². The van der Waals surface area contributed by atoms with Crippen LogP contribution in [0.1, 0.15) is 32.0 Å². The van der Waals surface area contributed by atoms with E-state index in [0.29, 0.717) is 5.92 Å². The summed E-state index contributed by atoms with van der Waals surface area (Å²) in [7, 11) is 0. The largest absolute Gasteiger partial charge is 0.248 e. The highest BCUT2D eigenvalue weighted by Crippen LogP contribution is 2.23. The normalized spacial score (nSPS) is 11.1. The first kappa shape index (κ1) is 11.8. The lowest BCUT2D eigenvalue weighted by atomic mass is 9.97. The molecule has 1 aromatic carbocycles. The fraction of sp³-hybridized carbons (Fsp3) is 0.312. The van der Waals surface area contributed by atoms with E-state index >= 15 is 0 Å². The first-order chi connectivity index (χ1) is 8.08. The van der Waals surface area contributed by atoms with Gasteiger partial charge in [0.2, 0.25) is 0 Å². The third kappa shape index (κ3) is 2.55. The van der Waals surface area contributed by atoms with Crippen molar-refractivity contribution < 1.29 is 0 Å². The Kier molecular flexibility index (Phi) is 3.28. The summed E-state index contributed by atoms with van der Waals surface area (Å²) in [6, 6.07) is 10.5. The molecule has 1 nitrogen and oxygen atoms in total. The lowest BCUT2D eigenvalue weighted by Crippen LogP contribution is -1.98. The van der Waals surface area contributed by atoms with Gasteiger partial charge in [-0.05, 0) is 42.5 Å². The molecule has 0 spiro atoms. The van der Waals surface area contributed by atoms with Crippen molar-refractivity contribution in [1.82, 2.24) is 4.98 Å². The Morgan fingerprint density at radius 3 is 2.65 bits per heavy atom. The van der Waals surface area contributed by atoms with E-state index in [4.69, 9.17) is 0 Å². The molecule has 1 heterocycles. The van der Waals surface area contributed by atoms with E-state index in [1.165, 1.54) is 10.9 Å². The van der Waals surface area contributed by atoms with Gasteiger partial charge in [-0.2, -0.15) is 0 Å². The summed E-state index contributed by atoms with van der Waals surface area (Å²) in [5.41, 5.74) is 4.49. The molecule has 2 rings (SSSR count). The Morgan fingerprint density at radius 1 is 1.29 bits per heavy atom. The summed E-state index contributed by atoms with van der Waals surface area (Å²) in [5.74, 6) is 0.652. The molecular weight excluding hydrogens is 206 g/mol. The quantitative estimate of drug-likeness (QED) is 0.751. The molecule has 0 bridgehead atoms. The molecule has 0 aliphatic rings. The summed E-state index contributed by atoms with van der Waals surface area (Å²) in [4.78, 5) is 4.64. The van der Waals surface area contributed by atoms with E-state index in [0.717, 1.165) is 23.2 Å². The second-order valence-corrected chi connectivity index (χ2v) is 5.06. The highest BCUT2D eigenvalue weighted by atomic mass is 14.7. The number of hydrogen-bond acceptors (Lipinski definition) is 1. The van der Waals surface area contributed by atoms with Crippen molar-refractivity contribution in [3.8, 4) is 0 Å². The Morgan fingerprint density at radius 2 is 2.00 bits per heavy atom. The van der Waals surface area contributed by atoms with Crippen molar-refractivity contribution in [2.45, 2.75) is 27.2 Å². The molecule has 1 aromatic heterocycles. The minimum atomic E-state index is 0.652. The number of nitrogens with zero attached hydrogens (tertiary/aromatic N) is 1. The number of fused-ring (bicyclic) bond motifs is 1. The second-order valence-electron chi connectivity index (χ2n) is 5.06. The van der Waals surface area contributed by atoms with Crippen LogP contribution in [-0.2, 0) is 6.42 Å². The zero-order valence-corrected chi connectivity index (χ0v) is 10.8. The molecule has 0 fully saturated rings. The minimum absolute atomic E-state index is 0.652. The van der Waals surface area contributed by atoms with Gasteiger partial charge in [0.1, 0.15) is 0 Å². The van der Waals surface area contributed by atoms with Crippen LogP contribution in [0.15, 0.2) is 36.9 Å². The van der Waals surface area contributed by atoms with Crippen LogP contribution in [-0.4, -0.2) is 4.98 Å². The van der Waals surface area contributed by atoms with Gasteiger partial charge in [0.25, 0.3) is 0 Å². The van der Waals surface area contributed by atoms with Crippen molar-refractivity contribution in [2.75, 3.05) is 0 Å². The number of benzene rings is 1. The van der Waals surface area contributed by atoms with Gasteiger partial charge >= 0.3 is 0 Å². The summed E-state index contributed by atoms with van der Waals surface area (Å²) >= 11 is 0. The number of hydrogen-bond donors (Lipinski definition) is 0. The number of pyridine rings is 1. The smallest absolute Gasteiger partial charge is 0.0712 e. The van der Waals surface area contributed by atoms with E-state index in [1.807, 2.05) is 13.0 Å². The molecule has 2 aromatic rings. The standard InChI is InChI=1S/C16H19N/c1-11(2)9-13-10-16(12(3)4)17-15-8-6-5-7-14(13)15/h5-8,10-11H,3,9H2,1-2,4H3. The summed E-state index contributed by atoms with van der Waals surface area (Å²) < 4.78 is 0. The molecule has 1 heteroatoms. The van der Waals surface area contributed by atoms with Crippen LogP contribution in [0.5, 0.6) is 0 Å². The molecule has 0 aliphatic carbocycles. The third-order valence-corrected chi connectivity index (χ3v) is 2.87. The Labute approximate surface area is 103 Å². The Bertz CT molecular complexity index is 552. The molecule has 0 N–H and O–H groups in total. The van der Waals surface area contributed by atoms with E-state index in [1.54, 1.807) is 0 Å². The third-order valence-electron chi connectivity index (χ3n) is 2.87. The molecule has 0 aliphatic heterocycles. The van der Waals surface area contributed by atoms with Crippen LogP contribution in [0, 0.1) is 5.92 Å². The first-order valence-electron chi connectivity index (χ1n) is 6.12. The molecule has 88 valence electrons. The van der Waals surface area contributed by atoms with Gasteiger partial charge in [0.15, 0.2) is 0 Å². The van der Waals surface area contributed by atoms with Gasteiger partial charge in [-0.3, -0.25) is 0 Å². The molecule has 0 saturated heterocycles. The molecule has 0 unspecified atom stereocenters. The van der Waals surface area contributed by atoms with Gasteiger partial charge in [-0.15, -0.1) is 0 Å². The number of para-hydroxylation sites is 1. The van der Waals surface area contributed by atoms with Crippen LogP contribution in [0.4, 0.5) is 0 Å². The van der Waals surface area contributed by atoms with Gasteiger partial charge in [-0.1, -0.05) is 38.6 Å². The van der Waals surface area contributed by atoms with Crippen molar-refractivity contribution >= 4 is 16.5 Å². The molecule has 0 radical (unpaired) electrons. The van der Waals surface area contributed by atoms with Crippen LogP contribution >= 0.6 is 0 Å². The van der Waals surface area contributed by atoms with Crippen LogP contribution in [0.2, 0.25) is 0 Å². The Hall–Kier alpha value is -1.63. The monoisotopic (exact) mass is 225 g/mol. The number of rotatable bonds is 3. The molecule has 0 amide bonds. The molecule has 0 saturated carbocycles. The van der Waals surface area contributed by atoms with Gasteiger partial charge in [-0.25, -0.2) is 4.98 Å². The maximum atomic E-state index is 4.64. The summed E-state index contributed by atoms with van der Waals surface area (Å²) in [6.07, 6.45) is 1.09. The molecule has 17 heavy (non-hydrogen) atoms. The summed E-state index contributed by atoms with van der Waals surface area (Å²) in [6.45, 7) is 10.5. The van der Waals surface area contributed by atoms with Crippen LogP contribution in [0.3, 0.4) is 0 Å². The van der Waals surface area contributed by atoms with Gasteiger partial charge in [0, 0.05) is 5.39 Å². The maximum absolute atomic E-state index is 4.64. The molecule has 0 atom stereocenters. The van der Waals surface area contributed by atoms with E-state index in [-0.39, 0.29) is 0 Å². The predicted octanol–water partition coefficient (Wildman–Crippen LogP) is 4.47. The predicted molar refractivity (Wildman–Crippen MR) is 75.0 cm³/mol. The highest BCUT2D eigenvalue weighted by molar-refractivity contribution is 5.84. The zero-order chi connectivity index (χ0) is 12.4. The second kappa shape index (κ2) is 4.70. The summed E-state index contributed by atoms with van der Waals surface area (Å²) in [5, 5.41) is 1.27. The fourth-order valence-corrected chi connectivity index (χ4v) is 2.07. The van der Waals surface area contributed by atoms with E-state index in [9.17, 15) is 0 Å². The minimum Gasteiger partial charge on any atom is -0.248 e. The lowest BCUT2D eigenvalue weighted by molar-refractivity contribution is 0.650. The first-order valence-corrected chi connectivity index (χ1v) is 6.12. The average molecular weight is 225 g/mol. The van der Waals surface area contributed by atoms with Crippen molar-refractivity contribution in [2.24, 2.45) is 5.92 Å². The van der Waals surface area contributed by atoms with Crippen molar-refractivity contribution in [3.05, 3.63) is 48.2 Å². The molecular formula is C16H19N. The van der Waals surface area contributed by atoms with E-state index in [2.05, 4.69) is 49.7 Å². The van der Waals surface area contributed by atoms with Crippen molar-refractivity contribution in [3.63, 3.8) is 0 Å². The average Bonchev–Trinajstić information content (AvgIpc) is 2.28. The van der Waals surface area contributed by atoms with Crippen LogP contribution in [0.25, 0.3) is 16.5 Å². The topological polar surface area (TPSA) is 12.9 Å². The fourth-order valence-electron chi connectivity index (χ4n) is 2.07. The van der Waals surface area contributed by atoms with E-state index < -0.39 is 0 Å². The Balaban J connectivity index is 2.64. The number of allylic oxidation sites excluding steroid dienone is 1.